The maximum Gasteiger partial charge on any atom is 0.0270 e. The number of hydrogen-bond acceptors (Lipinski definition) is 3. The molecule has 1 aliphatic carbocycles. The molecular weight excluding hydrogens is 210 g/mol. The van der Waals surface area contributed by atoms with E-state index in [9.17, 15) is 0 Å². The summed E-state index contributed by atoms with van der Waals surface area (Å²) in [5.74, 6) is 0.983. The number of pyridine rings is 1. The minimum atomic E-state index is 0.983. The summed E-state index contributed by atoms with van der Waals surface area (Å²) in [4.78, 5) is 6.42. The lowest BCUT2D eigenvalue weighted by Crippen LogP contribution is -2.31. The molecule has 0 unspecified atom stereocenters. The van der Waals surface area contributed by atoms with Crippen molar-refractivity contribution in [2.45, 2.75) is 19.3 Å². The summed E-state index contributed by atoms with van der Waals surface area (Å²) in [6.07, 6.45) is 7.72. The quantitative estimate of drug-likeness (QED) is 0.691. The first-order chi connectivity index (χ1) is 8.34. The third-order valence-corrected chi connectivity index (χ3v) is 3.33. The summed E-state index contributed by atoms with van der Waals surface area (Å²) in [6.45, 7) is 4.59. The van der Waals surface area contributed by atoms with Gasteiger partial charge in [-0.3, -0.25) is 4.98 Å². The van der Waals surface area contributed by atoms with Gasteiger partial charge in [0.2, 0.25) is 0 Å². The predicted molar refractivity (Wildman–Crippen MR) is 71.0 cm³/mol. The topological polar surface area (TPSA) is 28.2 Å². The highest BCUT2D eigenvalue weighted by Gasteiger charge is 2.19. The second kappa shape index (κ2) is 6.72. The Bertz CT molecular complexity index is 309. The molecule has 0 aliphatic heterocycles. The Morgan fingerprint density at radius 2 is 2.06 bits per heavy atom. The van der Waals surface area contributed by atoms with Crippen LogP contribution in [0, 0.1) is 5.92 Å². The first-order valence-corrected chi connectivity index (χ1v) is 6.63. The van der Waals surface area contributed by atoms with Crippen LogP contribution in [0.2, 0.25) is 0 Å². The molecule has 2 rings (SSSR count). The number of likely N-dealkylation sites (N-methyl/N-ethyl adjacent to an activating group) is 1. The van der Waals surface area contributed by atoms with Crippen LogP contribution in [0.5, 0.6) is 0 Å². The van der Waals surface area contributed by atoms with E-state index in [0.29, 0.717) is 0 Å². The van der Waals surface area contributed by atoms with E-state index in [1.54, 1.807) is 0 Å². The van der Waals surface area contributed by atoms with Crippen molar-refractivity contribution in [1.82, 2.24) is 15.2 Å². The lowest BCUT2D eigenvalue weighted by molar-refractivity contribution is 0.335. The molecule has 1 aliphatic rings. The van der Waals surface area contributed by atoms with Gasteiger partial charge in [0, 0.05) is 32.0 Å². The Morgan fingerprint density at radius 3 is 2.76 bits per heavy atom. The third kappa shape index (κ3) is 5.29. The van der Waals surface area contributed by atoms with Crippen molar-refractivity contribution in [3.8, 4) is 0 Å². The van der Waals surface area contributed by atoms with Gasteiger partial charge in [-0.1, -0.05) is 0 Å². The zero-order valence-electron chi connectivity index (χ0n) is 10.7. The van der Waals surface area contributed by atoms with E-state index in [1.165, 1.54) is 24.9 Å². The molecule has 0 atom stereocenters. The van der Waals surface area contributed by atoms with Crippen LogP contribution in [0.3, 0.4) is 0 Å². The molecule has 0 spiro atoms. The average molecular weight is 233 g/mol. The van der Waals surface area contributed by atoms with Crippen LogP contribution < -0.4 is 5.32 Å². The third-order valence-electron chi connectivity index (χ3n) is 3.33. The molecule has 3 heteroatoms. The molecule has 0 bridgehead atoms. The summed E-state index contributed by atoms with van der Waals surface area (Å²) in [5, 5.41) is 3.52. The van der Waals surface area contributed by atoms with Crippen LogP contribution in [0.4, 0.5) is 0 Å². The summed E-state index contributed by atoms with van der Waals surface area (Å²) in [6, 6.07) is 4.19. The Hall–Kier alpha value is -0.930. The van der Waals surface area contributed by atoms with E-state index in [1.807, 2.05) is 12.4 Å². The van der Waals surface area contributed by atoms with Gasteiger partial charge >= 0.3 is 0 Å². The lowest BCUT2D eigenvalue weighted by Gasteiger charge is -2.16. The molecule has 94 valence electrons. The molecule has 3 nitrogen and oxygen atoms in total. The summed E-state index contributed by atoms with van der Waals surface area (Å²) in [7, 11) is 2.19. The summed E-state index contributed by atoms with van der Waals surface area (Å²) in [5.41, 5.74) is 1.37. The fourth-order valence-electron chi connectivity index (χ4n) is 1.88. The van der Waals surface area contributed by atoms with Crippen LogP contribution in [0.1, 0.15) is 18.4 Å². The van der Waals surface area contributed by atoms with E-state index < -0.39 is 0 Å². The molecule has 0 radical (unpaired) electrons. The second-order valence-electron chi connectivity index (χ2n) is 5.06. The number of nitrogens with zero attached hydrogens (tertiary/aromatic N) is 2. The normalized spacial score (nSPS) is 15.4. The number of nitrogens with one attached hydrogen (secondary N) is 1. The Morgan fingerprint density at radius 1 is 1.29 bits per heavy atom. The van der Waals surface area contributed by atoms with Gasteiger partial charge in [-0.15, -0.1) is 0 Å². The first kappa shape index (κ1) is 12.5. The minimum absolute atomic E-state index is 0.983. The zero-order chi connectivity index (χ0) is 11.9. The average Bonchev–Trinajstić information content (AvgIpc) is 3.17. The number of rotatable bonds is 8. The number of hydrogen-bond donors (Lipinski definition) is 1. The van der Waals surface area contributed by atoms with Crippen molar-refractivity contribution >= 4 is 0 Å². The molecule has 0 saturated heterocycles. The molecule has 1 N–H and O–H groups in total. The van der Waals surface area contributed by atoms with Crippen LogP contribution >= 0.6 is 0 Å². The predicted octanol–water partition coefficient (Wildman–Crippen LogP) is 1.56. The van der Waals surface area contributed by atoms with Crippen molar-refractivity contribution in [3.63, 3.8) is 0 Å². The van der Waals surface area contributed by atoms with Crippen LogP contribution in [-0.2, 0) is 6.42 Å². The standard InChI is InChI=1S/C14H23N3/c1-17(11-9-16-12-14-2-3-14)10-6-13-4-7-15-8-5-13/h4-5,7-8,14,16H,2-3,6,9-12H2,1H3. The highest BCUT2D eigenvalue weighted by atomic mass is 15.1. The minimum Gasteiger partial charge on any atom is -0.315 e. The van der Waals surface area contributed by atoms with E-state index >= 15 is 0 Å². The lowest BCUT2D eigenvalue weighted by atomic mass is 10.2. The molecule has 0 amide bonds. The van der Waals surface area contributed by atoms with Crippen LogP contribution in [0.15, 0.2) is 24.5 Å². The van der Waals surface area contributed by atoms with E-state index in [-0.39, 0.29) is 0 Å². The highest BCUT2D eigenvalue weighted by molar-refractivity contribution is 5.09. The van der Waals surface area contributed by atoms with Gasteiger partial charge in [-0.05, 0) is 56.5 Å². The van der Waals surface area contributed by atoms with Gasteiger partial charge in [0.1, 0.15) is 0 Å². The van der Waals surface area contributed by atoms with Gasteiger partial charge in [0.05, 0.1) is 0 Å². The van der Waals surface area contributed by atoms with Gasteiger partial charge < -0.3 is 10.2 Å². The second-order valence-corrected chi connectivity index (χ2v) is 5.06. The van der Waals surface area contributed by atoms with Crippen LogP contribution in [-0.4, -0.2) is 43.1 Å². The van der Waals surface area contributed by atoms with E-state index in [2.05, 4.69) is 34.4 Å². The largest absolute Gasteiger partial charge is 0.315 e. The van der Waals surface area contributed by atoms with Gasteiger partial charge in [0.15, 0.2) is 0 Å². The van der Waals surface area contributed by atoms with Crippen molar-refractivity contribution < 1.29 is 0 Å². The number of aromatic nitrogens is 1. The van der Waals surface area contributed by atoms with Gasteiger partial charge in [0.25, 0.3) is 0 Å². The van der Waals surface area contributed by atoms with Crippen molar-refractivity contribution in [3.05, 3.63) is 30.1 Å². The van der Waals surface area contributed by atoms with Crippen molar-refractivity contribution in [2.24, 2.45) is 5.92 Å². The SMILES string of the molecule is CN(CCNCC1CC1)CCc1ccncc1. The molecule has 1 saturated carbocycles. The molecule has 1 aromatic heterocycles. The molecular formula is C14H23N3. The molecule has 17 heavy (non-hydrogen) atoms. The molecule has 0 aromatic carbocycles. The first-order valence-electron chi connectivity index (χ1n) is 6.63. The van der Waals surface area contributed by atoms with Gasteiger partial charge in [-0.2, -0.15) is 0 Å². The highest BCUT2D eigenvalue weighted by Crippen LogP contribution is 2.27. The monoisotopic (exact) mass is 233 g/mol. The summed E-state index contributed by atoms with van der Waals surface area (Å²) >= 11 is 0. The van der Waals surface area contributed by atoms with Gasteiger partial charge in [-0.25, -0.2) is 0 Å². The smallest absolute Gasteiger partial charge is 0.0270 e. The Kier molecular flexibility index (Phi) is 4.95. The summed E-state index contributed by atoms with van der Waals surface area (Å²) < 4.78 is 0. The van der Waals surface area contributed by atoms with Crippen LogP contribution in [0.25, 0.3) is 0 Å². The molecule has 1 fully saturated rings. The Labute approximate surface area is 104 Å². The van der Waals surface area contributed by atoms with E-state index in [4.69, 9.17) is 0 Å². The fourth-order valence-corrected chi connectivity index (χ4v) is 1.88. The zero-order valence-corrected chi connectivity index (χ0v) is 10.7. The van der Waals surface area contributed by atoms with Crippen molar-refractivity contribution in [2.75, 3.05) is 33.2 Å². The molecule has 1 heterocycles. The maximum absolute atomic E-state index is 4.03. The maximum atomic E-state index is 4.03. The fraction of sp³-hybridized carbons (Fsp3) is 0.643. The van der Waals surface area contributed by atoms with E-state index in [0.717, 1.165) is 32.0 Å². The van der Waals surface area contributed by atoms with Crippen molar-refractivity contribution in [1.29, 1.82) is 0 Å². The Balaban J connectivity index is 1.52. The molecule has 1 aromatic rings.